The highest BCUT2D eigenvalue weighted by Gasteiger charge is 2.32. The Hall–Kier alpha value is -1.57. The van der Waals surface area contributed by atoms with E-state index >= 15 is 0 Å². The van der Waals surface area contributed by atoms with E-state index in [1.165, 1.54) is 12.3 Å². The van der Waals surface area contributed by atoms with E-state index in [-0.39, 0.29) is 18.3 Å². The van der Waals surface area contributed by atoms with E-state index in [1.807, 2.05) is 19.9 Å². The highest BCUT2D eigenvalue weighted by molar-refractivity contribution is 5.21. The second-order valence-corrected chi connectivity index (χ2v) is 4.19. The largest absolute Gasteiger partial charge is 0.433 e. The number of alkyl halides is 3. The standard InChI is InChI=1S/C12H13F3N2/c1-8(2)10(5-6-16)9-3-4-11(17-7-9)12(13,14)15/h3-4,7-8,10H,5H2,1-2H3. The molecule has 2 nitrogen and oxygen atoms in total. The fraction of sp³-hybridized carbons (Fsp3) is 0.500. The summed E-state index contributed by atoms with van der Waals surface area (Å²) < 4.78 is 36.9. The third-order valence-corrected chi connectivity index (χ3v) is 2.62. The summed E-state index contributed by atoms with van der Waals surface area (Å²) >= 11 is 0. The van der Waals surface area contributed by atoms with E-state index in [9.17, 15) is 13.2 Å². The van der Waals surface area contributed by atoms with Gasteiger partial charge in [0.25, 0.3) is 0 Å². The minimum atomic E-state index is -4.42. The molecule has 0 N–H and O–H groups in total. The van der Waals surface area contributed by atoms with Gasteiger partial charge in [0.05, 0.1) is 6.07 Å². The van der Waals surface area contributed by atoms with Gasteiger partial charge in [-0.15, -0.1) is 0 Å². The van der Waals surface area contributed by atoms with Gasteiger partial charge in [-0.2, -0.15) is 18.4 Å². The molecular formula is C12H13F3N2. The Morgan fingerprint density at radius 1 is 1.35 bits per heavy atom. The lowest BCUT2D eigenvalue weighted by atomic mass is 9.87. The van der Waals surface area contributed by atoms with Crippen LogP contribution in [0.5, 0.6) is 0 Å². The van der Waals surface area contributed by atoms with Gasteiger partial charge < -0.3 is 0 Å². The predicted molar refractivity (Wildman–Crippen MR) is 57.0 cm³/mol. The number of halogens is 3. The first kappa shape index (κ1) is 13.5. The van der Waals surface area contributed by atoms with Crippen molar-refractivity contribution in [3.63, 3.8) is 0 Å². The maximum absolute atomic E-state index is 12.3. The molecule has 1 heterocycles. The molecular weight excluding hydrogens is 229 g/mol. The summed E-state index contributed by atoms with van der Waals surface area (Å²) in [6, 6.07) is 4.40. The molecule has 0 aromatic carbocycles. The first-order valence-corrected chi connectivity index (χ1v) is 5.26. The van der Waals surface area contributed by atoms with E-state index in [0.717, 1.165) is 6.07 Å². The summed E-state index contributed by atoms with van der Waals surface area (Å²) in [6.07, 6.45) is -2.92. The first-order chi connectivity index (χ1) is 7.86. The number of nitrogens with zero attached hydrogens (tertiary/aromatic N) is 2. The van der Waals surface area contributed by atoms with E-state index in [2.05, 4.69) is 4.98 Å². The van der Waals surface area contributed by atoms with Crippen LogP contribution < -0.4 is 0 Å². The van der Waals surface area contributed by atoms with Crippen molar-refractivity contribution in [2.24, 2.45) is 5.92 Å². The number of pyridine rings is 1. The van der Waals surface area contributed by atoms with Crippen LogP contribution in [0.4, 0.5) is 13.2 Å². The Balaban J connectivity index is 2.97. The summed E-state index contributed by atoms with van der Waals surface area (Å²) in [4.78, 5) is 3.40. The molecule has 5 heteroatoms. The number of hydrogen-bond acceptors (Lipinski definition) is 2. The minimum Gasteiger partial charge on any atom is -0.251 e. The predicted octanol–water partition coefficient (Wildman–Crippen LogP) is 3.75. The Bertz CT molecular complexity index is 401. The average molecular weight is 242 g/mol. The maximum Gasteiger partial charge on any atom is 0.433 e. The summed E-state index contributed by atoms with van der Waals surface area (Å²) in [6.45, 7) is 3.86. The highest BCUT2D eigenvalue weighted by Crippen LogP contribution is 2.31. The zero-order valence-electron chi connectivity index (χ0n) is 9.62. The van der Waals surface area contributed by atoms with Crippen molar-refractivity contribution >= 4 is 0 Å². The molecule has 1 aromatic rings. The number of nitriles is 1. The SMILES string of the molecule is CC(C)C(CC#N)c1ccc(C(F)(F)F)nc1. The zero-order valence-corrected chi connectivity index (χ0v) is 9.62. The summed E-state index contributed by atoms with van der Waals surface area (Å²) in [5.41, 5.74) is -0.227. The molecule has 1 unspecified atom stereocenters. The molecule has 0 radical (unpaired) electrons. The van der Waals surface area contributed by atoms with Crippen LogP contribution in [0, 0.1) is 17.2 Å². The van der Waals surface area contributed by atoms with Gasteiger partial charge in [-0.3, -0.25) is 4.98 Å². The Kier molecular flexibility index (Phi) is 4.11. The lowest BCUT2D eigenvalue weighted by molar-refractivity contribution is -0.141. The van der Waals surface area contributed by atoms with Crippen LogP contribution in [0.1, 0.15) is 37.4 Å². The molecule has 0 fully saturated rings. The highest BCUT2D eigenvalue weighted by atomic mass is 19.4. The van der Waals surface area contributed by atoms with Crippen molar-refractivity contribution in [3.8, 4) is 6.07 Å². The van der Waals surface area contributed by atoms with Crippen LogP contribution in [0.2, 0.25) is 0 Å². The molecule has 1 aromatic heterocycles. The summed E-state index contributed by atoms with van der Waals surface area (Å²) in [5, 5.41) is 8.68. The molecule has 0 saturated carbocycles. The van der Waals surface area contributed by atoms with E-state index in [0.29, 0.717) is 5.56 Å². The molecule has 0 spiro atoms. The van der Waals surface area contributed by atoms with Gasteiger partial charge in [-0.1, -0.05) is 19.9 Å². The Morgan fingerprint density at radius 2 is 2.00 bits per heavy atom. The van der Waals surface area contributed by atoms with Crippen LogP contribution in [-0.4, -0.2) is 4.98 Å². The van der Waals surface area contributed by atoms with Crippen LogP contribution >= 0.6 is 0 Å². The van der Waals surface area contributed by atoms with Gasteiger partial charge >= 0.3 is 6.18 Å². The van der Waals surface area contributed by atoms with Gasteiger partial charge in [-0.05, 0) is 17.5 Å². The molecule has 0 aliphatic carbocycles. The van der Waals surface area contributed by atoms with Crippen molar-refractivity contribution in [2.75, 3.05) is 0 Å². The third kappa shape index (κ3) is 3.45. The van der Waals surface area contributed by atoms with Crippen LogP contribution in [0.25, 0.3) is 0 Å². The van der Waals surface area contributed by atoms with E-state index < -0.39 is 11.9 Å². The summed E-state index contributed by atoms with van der Waals surface area (Å²) in [7, 11) is 0. The van der Waals surface area contributed by atoms with Crippen molar-refractivity contribution in [2.45, 2.75) is 32.4 Å². The zero-order chi connectivity index (χ0) is 13.1. The molecule has 0 saturated heterocycles. The first-order valence-electron chi connectivity index (χ1n) is 5.26. The molecule has 1 atom stereocenters. The molecule has 0 bridgehead atoms. The average Bonchev–Trinajstić information content (AvgIpc) is 2.24. The maximum atomic E-state index is 12.3. The molecule has 0 amide bonds. The topological polar surface area (TPSA) is 36.7 Å². The fourth-order valence-corrected chi connectivity index (χ4v) is 1.63. The number of rotatable bonds is 3. The molecule has 0 aliphatic heterocycles. The Morgan fingerprint density at radius 3 is 2.35 bits per heavy atom. The van der Waals surface area contributed by atoms with Crippen molar-refractivity contribution in [3.05, 3.63) is 29.6 Å². The lowest BCUT2D eigenvalue weighted by Gasteiger charge is -2.18. The number of hydrogen-bond donors (Lipinski definition) is 0. The van der Waals surface area contributed by atoms with Crippen LogP contribution in [0.15, 0.2) is 18.3 Å². The van der Waals surface area contributed by atoms with Crippen LogP contribution in [0.3, 0.4) is 0 Å². The van der Waals surface area contributed by atoms with E-state index in [4.69, 9.17) is 5.26 Å². The minimum absolute atomic E-state index is 0.0743. The van der Waals surface area contributed by atoms with Gasteiger partial charge in [0, 0.05) is 18.5 Å². The quantitative estimate of drug-likeness (QED) is 0.809. The molecule has 17 heavy (non-hydrogen) atoms. The van der Waals surface area contributed by atoms with Gasteiger partial charge in [0.1, 0.15) is 5.69 Å². The van der Waals surface area contributed by atoms with Crippen LogP contribution in [-0.2, 0) is 6.18 Å². The molecule has 92 valence electrons. The normalized spacial score (nSPS) is 13.5. The van der Waals surface area contributed by atoms with Crippen molar-refractivity contribution < 1.29 is 13.2 Å². The van der Waals surface area contributed by atoms with E-state index in [1.54, 1.807) is 0 Å². The number of aromatic nitrogens is 1. The van der Waals surface area contributed by atoms with Crippen molar-refractivity contribution in [1.29, 1.82) is 5.26 Å². The Labute approximate surface area is 98.1 Å². The van der Waals surface area contributed by atoms with Gasteiger partial charge in [0.2, 0.25) is 0 Å². The second kappa shape index (κ2) is 5.17. The van der Waals surface area contributed by atoms with Gasteiger partial charge in [-0.25, -0.2) is 0 Å². The lowest BCUT2D eigenvalue weighted by Crippen LogP contribution is -2.10. The smallest absolute Gasteiger partial charge is 0.251 e. The second-order valence-electron chi connectivity index (χ2n) is 4.19. The molecule has 0 aliphatic rings. The fourth-order valence-electron chi connectivity index (χ4n) is 1.63. The monoisotopic (exact) mass is 242 g/mol. The molecule has 1 rings (SSSR count). The van der Waals surface area contributed by atoms with Gasteiger partial charge in [0.15, 0.2) is 0 Å². The van der Waals surface area contributed by atoms with Crippen molar-refractivity contribution in [1.82, 2.24) is 4.98 Å². The third-order valence-electron chi connectivity index (χ3n) is 2.62. The summed E-state index contributed by atoms with van der Waals surface area (Å²) in [5.74, 6) is 0.114.